The van der Waals surface area contributed by atoms with Crippen LogP contribution >= 0.6 is 15.9 Å². The molecule has 1 aliphatic rings. The lowest BCUT2D eigenvalue weighted by Gasteiger charge is -2.36. The number of aliphatic carboxylic acids is 1. The molecule has 2 atom stereocenters. The molecule has 37 heavy (non-hydrogen) atoms. The molecule has 4 N–H and O–H groups in total. The van der Waals surface area contributed by atoms with Crippen LogP contribution in [0.2, 0.25) is 0 Å². The normalized spacial score (nSPS) is 15.6. The van der Waals surface area contributed by atoms with Gasteiger partial charge in [-0.25, -0.2) is 4.79 Å². The van der Waals surface area contributed by atoms with Crippen LogP contribution in [0.1, 0.15) is 63.1 Å². The second-order valence-electron chi connectivity index (χ2n) is 9.75. The van der Waals surface area contributed by atoms with Crippen LogP contribution in [0.5, 0.6) is 0 Å². The molecule has 9 heteroatoms. The third-order valence-electron chi connectivity index (χ3n) is 6.47. The minimum atomic E-state index is -0.815. The molecule has 8 nitrogen and oxygen atoms in total. The Bertz CT molecular complexity index is 1060. The number of nitrogens with one attached hydrogen (secondary N) is 3. The summed E-state index contributed by atoms with van der Waals surface area (Å²) in [4.78, 5) is 39.2. The fourth-order valence-corrected chi connectivity index (χ4v) is 5.04. The van der Waals surface area contributed by atoms with Crippen LogP contribution in [0.25, 0.3) is 0 Å². The van der Waals surface area contributed by atoms with E-state index in [1.54, 1.807) is 12.1 Å². The molecular weight excluding hydrogens is 536 g/mol. The second kappa shape index (κ2) is 14.1. The quantitative estimate of drug-likeness (QED) is 0.283. The first-order valence-corrected chi connectivity index (χ1v) is 13.7. The Morgan fingerprint density at radius 3 is 2.49 bits per heavy atom. The topological polar surface area (TPSA) is 111 Å². The average Bonchev–Trinajstić information content (AvgIpc) is 2.85. The number of urea groups is 1. The van der Waals surface area contributed by atoms with Crippen LogP contribution in [0.15, 0.2) is 53.0 Å². The highest BCUT2D eigenvalue weighted by Crippen LogP contribution is 2.34. The largest absolute Gasteiger partial charge is 0.481 e. The Kier molecular flexibility index (Phi) is 11.0. The van der Waals surface area contributed by atoms with Gasteiger partial charge in [-0.05, 0) is 87.9 Å². The fourth-order valence-electron chi connectivity index (χ4n) is 4.77. The molecule has 0 saturated heterocycles. The van der Waals surface area contributed by atoms with Gasteiger partial charge in [0.2, 0.25) is 5.91 Å². The number of aryl methyl sites for hydroxylation is 1. The first kappa shape index (κ1) is 28.7. The van der Waals surface area contributed by atoms with E-state index in [2.05, 4.69) is 55.0 Å². The maximum atomic E-state index is 13.0. The van der Waals surface area contributed by atoms with Crippen LogP contribution in [0, 0.1) is 0 Å². The van der Waals surface area contributed by atoms with Crippen molar-refractivity contribution >= 4 is 39.5 Å². The van der Waals surface area contributed by atoms with Gasteiger partial charge < -0.3 is 21.1 Å². The molecule has 2 aromatic carbocycles. The molecule has 1 unspecified atom stereocenters. The van der Waals surface area contributed by atoms with Gasteiger partial charge in [0.05, 0.1) is 0 Å². The van der Waals surface area contributed by atoms with Gasteiger partial charge in [0.25, 0.3) is 0 Å². The molecule has 2 aromatic rings. The zero-order chi connectivity index (χ0) is 26.8. The minimum absolute atomic E-state index is 0.0665. The standard InChI is InChI=1S/C28H37BrN4O4/c1-19(2)30-27(36)24(32-28(37)31-22-14-12-21(29)13-15-22)16-18-33(17-6-11-26(34)35)25-10-5-8-20-7-3-4-9-23(20)25/h3-4,7,9,12-15,19,24-25H,5-6,8,10-11,16-18H2,1-2H3,(H,30,36)(H,34,35)(H2,31,32,37)/t24-,25?/m0/s1. The first-order chi connectivity index (χ1) is 17.7. The SMILES string of the molecule is CC(C)NC(=O)[C@H](CCN(CCCC(=O)O)C1CCCc2ccccc21)NC(=O)Nc1ccc(Br)cc1. The summed E-state index contributed by atoms with van der Waals surface area (Å²) < 4.78 is 0.903. The molecule has 0 saturated carbocycles. The van der Waals surface area contributed by atoms with Gasteiger partial charge in [-0.1, -0.05) is 40.2 Å². The van der Waals surface area contributed by atoms with Crippen molar-refractivity contribution in [2.24, 2.45) is 0 Å². The van der Waals surface area contributed by atoms with Crippen molar-refractivity contribution in [3.63, 3.8) is 0 Å². The van der Waals surface area contributed by atoms with E-state index in [0.29, 0.717) is 31.6 Å². The maximum Gasteiger partial charge on any atom is 0.319 e. The molecule has 200 valence electrons. The van der Waals surface area contributed by atoms with Crippen molar-refractivity contribution in [2.45, 2.75) is 70.5 Å². The monoisotopic (exact) mass is 572 g/mol. The number of anilines is 1. The predicted octanol–water partition coefficient (Wildman–Crippen LogP) is 5.10. The number of carbonyl (C=O) groups excluding carboxylic acids is 2. The zero-order valence-corrected chi connectivity index (χ0v) is 23.1. The van der Waals surface area contributed by atoms with Gasteiger partial charge in [-0.15, -0.1) is 0 Å². The van der Waals surface area contributed by atoms with Gasteiger partial charge in [0, 0.05) is 35.2 Å². The second-order valence-corrected chi connectivity index (χ2v) is 10.7. The van der Waals surface area contributed by atoms with Crippen LogP contribution in [0.4, 0.5) is 10.5 Å². The molecule has 3 amide bonds. The summed E-state index contributed by atoms with van der Waals surface area (Å²) in [6.07, 6.45) is 4.09. The number of benzene rings is 2. The van der Waals surface area contributed by atoms with Gasteiger partial charge in [-0.3, -0.25) is 14.5 Å². The van der Waals surface area contributed by atoms with Crippen molar-refractivity contribution in [1.82, 2.24) is 15.5 Å². The van der Waals surface area contributed by atoms with Crippen LogP contribution in [0.3, 0.4) is 0 Å². The van der Waals surface area contributed by atoms with Crippen molar-refractivity contribution in [3.8, 4) is 0 Å². The van der Waals surface area contributed by atoms with Gasteiger partial charge >= 0.3 is 12.0 Å². The van der Waals surface area contributed by atoms with Crippen molar-refractivity contribution in [2.75, 3.05) is 18.4 Å². The molecule has 0 fully saturated rings. The molecule has 0 aliphatic heterocycles. The summed E-state index contributed by atoms with van der Waals surface area (Å²) in [6, 6.07) is 14.5. The lowest BCUT2D eigenvalue weighted by Crippen LogP contribution is -2.51. The Morgan fingerprint density at radius 1 is 1.05 bits per heavy atom. The number of nitrogens with zero attached hydrogens (tertiary/aromatic N) is 1. The number of carboxylic acid groups (broad SMARTS) is 1. The summed E-state index contributed by atoms with van der Waals surface area (Å²) in [5, 5.41) is 17.7. The van der Waals surface area contributed by atoms with Gasteiger partial charge in [-0.2, -0.15) is 0 Å². The summed E-state index contributed by atoms with van der Waals surface area (Å²) >= 11 is 3.38. The predicted molar refractivity (Wildman–Crippen MR) is 149 cm³/mol. The number of halogens is 1. The Morgan fingerprint density at radius 2 is 1.78 bits per heavy atom. The van der Waals surface area contributed by atoms with E-state index in [4.69, 9.17) is 0 Å². The molecule has 1 aliphatic carbocycles. The van der Waals surface area contributed by atoms with E-state index in [1.165, 1.54) is 11.1 Å². The first-order valence-electron chi connectivity index (χ1n) is 12.9. The average molecular weight is 574 g/mol. The summed E-state index contributed by atoms with van der Waals surface area (Å²) in [5.74, 6) is -1.06. The number of hydrogen-bond acceptors (Lipinski definition) is 4. The van der Waals surface area contributed by atoms with Gasteiger partial charge in [0.1, 0.15) is 6.04 Å². The van der Waals surface area contributed by atoms with Crippen molar-refractivity contribution in [1.29, 1.82) is 0 Å². The van der Waals surface area contributed by atoms with E-state index in [9.17, 15) is 19.5 Å². The number of fused-ring (bicyclic) bond motifs is 1. The van der Waals surface area contributed by atoms with E-state index in [-0.39, 0.29) is 24.4 Å². The molecule has 0 bridgehead atoms. The van der Waals surface area contributed by atoms with Gasteiger partial charge in [0.15, 0.2) is 0 Å². The number of carbonyl (C=O) groups is 3. The summed E-state index contributed by atoms with van der Waals surface area (Å²) in [7, 11) is 0. The Balaban J connectivity index is 1.73. The lowest BCUT2D eigenvalue weighted by atomic mass is 9.86. The highest BCUT2D eigenvalue weighted by Gasteiger charge is 2.28. The van der Waals surface area contributed by atoms with E-state index in [0.717, 1.165) is 23.7 Å². The molecular formula is C28H37BrN4O4. The zero-order valence-electron chi connectivity index (χ0n) is 21.5. The fraction of sp³-hybridized carbons (Fsp3) is 0.464. The van der Waals surface area contributed by atoms with Crippen LogP contribution in [-0.2, 0) is 16.0 Å². The third kappa shape index (κ3) is 9.16. The number of amides is 3. The molecule has 0 spiro atoms. The highest BCUT2D eigenvalue weighted by atomic mass is 79.9. The Labute approximate surface area is 227 Å². The summed E-state index contributed by atoms with van der Waals surface area (Å²) in [6.45, 7) is 4.92. The third-order valence-corrected chi connectivity index (χ3v) is 7.00. The molecule has 0 aromatic heterocycles. The Hall–Kier alpha value is -2.91. The van der Waals surface area contributed by atoms with E-state index >= 15 is 0 Å². The minimum Gasteiger partial charge on any atom is -0.481 e. The molecule has 0 heterocycles. The van der Waals surface area contributed by atoms with Crippen LogP contribution in [-0.4, -0.2) is 53.1 Å². The van der Waals surface area contributed by atoms with Crippen molar-refractivity contribution < 1.29 is 19.5 Å². The molecule has 3 rings (SSSR count). The van der Waals surface area contributed by atoms with Crippen molar-refractivity contribution in [3.05, 3.63) is 64.1 Å². The molecule has 0 radical (unpaired) electrons. The lowest BCUT2D eigenvalue weighted by molar-refractivity contribution is -0.137. The van der Waals surface area contributed by atoms with E-state index < -0.39 is 18.0 Å². The maximum absolute atomic E-state index is 13.0. The van der Waals surface area contributed by atoms with Crippen LogP contribution < -0.4 is 16.0 Å². The highest BCUT2D eigenvalue weighted by molar-refractivity contribution is 9.10. The summed E-state index contributed by atoms with van der Waals surface area (Å²) in [5.41, 5.74) is 3.22. The number of rotatable bonds is 12. The number of hydrogen-bond donors (Lipinski definition) is 4. The van der Waals surface area contributed by atoms with E-state index in [1.807, 2.05) is 32.0 Å². The smallest absolute Gasteiger partial charge is 0.319 e. The number of carboxylic acids is 1.